The van der Waals surface area contributed by atoms with Crippen molar-refractivity contribution in [3.05, 3.63) is 18.2 Å². The highest BCUT2D eigenvalue weighted by atomic mass is 32.2. The van der Waals surface area contributed by atoms with Crippen LogP contribution in [-0.2, 0) is 10.0 Å². The molecule has 0 radical (unpaired) electrons. The van der Waals surface area contributed by atoms with Gasteiger partial charge < -0.3 is 10.5 Å². The fraction of sp³-hybridized carbons (Fsp3) is 0.538. The van der Waals surface area contributed by atoms with Crippen molar-refractivity contribution in [2.24, 2.45) is 0 Å². The summed E-state index contributed by atoms with van der Waals surface area (Å²) in [6, 6.07) is 4.61. The molecular weight excluding hydrogens is 264 g/mol. The van der Waals surface area contributed by atoms with Crippen molar-refractivity contribution in [1.29, 1.82) is 0 Å². The highest BCUT2D eigenvalue weighted by Crippen LogP contribution is 2.32. The lowest BCUT2D eigenvalue weighted by Gasteiger charge is -2.34. The van der Waals surface area contributed by atoms with Crippen molar-refractivity contribution in [3.63, 3.8) is 0 Å². The summed E-state index contributed by atoms with van der Waals surface area (Å²) in [6.07, 6.45) is 0.702. The zero-order valence-corrected chi connectivity index (χ0v) is 12.9. The second kappa shape index (κ2) is 5.38. The minimum Gasteiger partial charge on any atom is -0.495 e. The van der Waals surface area contributed by atoms with Crippen LogP contribution in [-0.4, -0.2) is 32.4 Å². The standard InChI is InChI=1S/C13H22N2O3S/c1-6-13(2,3)15(4)19(16,17)12-9-10(14)7-8-11(12)18-5/h7-9H,6,14H2,1-5H3. The Hall–Kier alpha value is -1.27. The van der Waals surface area contributed by atoms with Crippen LogP contribution in [0.15, 0.2) is 23.1 Å². The smallest absolute Gasteiger partial charge is 0.247 e. The van der Waals surface area contributed by atoms with E-state index in [0.29, 0.717) is 17.9 Å². The molecule has 0 aliphatic heterocycles. The van der Waals surface area contributed by atoms with Gasteiger partial charge in [0.05, 0.1) is 7.11 Å². The monoisotopic (exact) mass is 286 g/mol. The van der Waals surface area contributed by atoms with E-state index < -0.39 is 15.6 Å². The first-order valence-electron chi connectivity index (χ1n) is 6.09. The van der Waals surface area contributed by atoms with Crippen molar-refractivity contribution >= 4 is 15.7 Å². The predicted octanol–water partition coefficient (Wildman–Crippen LogP) is 2.09. The minimum absolute atomic E-state index is 0.0963. The summed E-state index contributed by atoms with van der Waals surface area (Å²) in [6.45, 7) is 5.70. The predicted molar refractivity (Wildman–Crippen MR) is 76.7 cm³/mol. The molecule has 0 spiro atoms. The number of sulfonamides is 1. The lowest BCUT2D eigenvalue weighted by atomic mass is 10.0. The number of benzene rings is 1. The molecule has 0 aliphatic rings. The van der Waals surface area contributed by atoms with E-state index in [4.69, 9.17) is 10.5 Å². The Bertz CT molecular complexity index is 553. The molecule has 1 aromatic rings. The van der Waals surface area contributed by atoms with Crippen molar-refractivity contribution in [2.45, 2.75) is 37.6 Å². The molecule has 5 nitrogen and oxygen atoms in total. The fourth-order valence-corrected chi connectivity index (χ4v) is 3.36. The molecule has 1 aromatic carbocycles. The number of hydrogen-bond donors (Lipinski definition) is 1. The second-order valence-electron chi connectivity index (χ2n) is 5.05. The molecular formula is C13H22N2O3S. The zero-order chi connectivity index (χ0) is 14.8. The van der Waals surface area contributed by atoms with Gasteiger partial charge in [-0.25, -0.2) is 8.42 Å². The Kier molecular flexibility index (Phi) is 4.47. The Balaban J connectivity index is 3.39. The normalized spacial score (nSPS) is 12.7. The van der Waals surface area contributed by atoms with Gasteiger partial charge in [0.15, 0.2) is 0 Å². The Labute approximate surface area is 115 Å². The Morgan fingerprint density at radius 3 is 2.42 bits per heavy atom. The molecule has 6 heteroatoms. The van der Waals surface area contributed by atoms with Crippen LogP contribution in [0.2, 0.25) is 0 Å². The molecule has 0 bridgehead atoms. The summed E-state index contributed by atoms with van der Waals surface area (Å²) in [5.74, 6) is 0.299. The van der Waals surface area contributed by atoms with E-state index in [1.165, 1.54) is 17.5 Å². The zero-order valence-electron chi connectivity index (χ0n) is 12.1. The van der Waals surface area contributed by atoms with E-state index in [1.807, 2.05) is 20.8 Å². The van der Waals surface area contributed by atoms with E-state index >= 15 is 0 Å². The second-order valence-corrected chi connectivity index (χ2v) is 6.99. The fourth-order valence-electron chi connectivity index (χ4n) is 1.59. The Morgan fingerprint density at radius 2 is 1.95 bits per heavy atom. The van der Waals surface area contributed by atoms with Gasteiger partial charge >= 0.3 is 0 Å². The van der Waals surface area contributed by atoms with Crippen molar-refractivity contribution in [2.75, 3.05) is 19.9 Å². The Morgan fingerprint density at radius 1 is 1.37 bits per heavy atom. The van der Waals surface area contributed by atoms with Gasteiger partial charge in [0.2, 0.25) is 10.0 Å². The molecule has 0 fully saturated rings. The van der Waals surface area contributed by atoms with Gasteiger partial charge in [-0.3, -0.25) is 0 Å². The number of nitrogens with zero attached hydrogens (tertiary/aromatic N) is 1. The van der Waals surface area contributed by atoms with Crippen molar-refractivity contribution < 1.29 is 13.2 Å². The maximum atomic E-state index is 12.7. The van der Waals surface area contributed by atoms with Crippen LogP contribution in [0.3, 0.4) is 0 Å². The number of anilines is 1. The number of hydrogen-bond acceptors (Lipinski definition) is 4. The average Bonchev–Trinajstić information content (AvgIpc) is 2.37. The molecule has 108 valence electrons. The maximum Gasteiger partial charge on any atom is 0.247 e. The summed E-state index contributed by atoms with van der Waals surface area (Å²) in [5.41, 5.74) is 5.60. The van der Waals surface area contributed by atoms with Gasteiger partial charge in [-0.1, -0.05) is 6.92 Å². The van der Waals surface area contributed by atoms with Crippen LogP contribution in [0.25, 0.3) is 0 Å². The van der Waals surface area contributed by atoms with Gasteiger partial charge in [0.25, 0.3) is 0 Å². The highest BCUT2D eigenvalue weighted by molar-refractivity contribution is 7.89. The highest BCUT2D eigenvalue weighted by Gasteiger charge is 2.34. The molecule has 0 aromatic heterocycles. The molecule has 0 atom stereocenters. The number of ether oxygens (including phenoxy) is 1. The summed E-state index contributed by atoms with van der Waals surface area (Å²) in [7, 11) is -0.635. The quantitative estimate of drug-likeness (QED) is 0.841. The van der Waals surface area contributed by atoms with Crippen molar-refractivity contribution in [3.8, 4) is 5.75 Å². The maximum absolute atomic E-state index is 12.7. The summed E-state index contributed by atoms with van der Waals surface area (Å²) in [5, 5.41) is 0. The van der Waals surface area contributed by atoms with Gasteiger partial charge in [-0.15, -0.1) is 0 Å². The molecule has 1 rings (SSSR count). The van der Waals surface area contributed by atoms with Crippen LogP contribution in [0.4, 0.5) is 5.69 Å². The number of methoxy groups -OCH3 is 1. The average molecular weight is 286 g/mol. The SMILES string of the molecule is CCC(C)(C)N(C)S(=O)(=O)c1cc(N)ccc1OC. The van der Waals surface area contributed by atoms with Crippen LogP contribution >= 0.6 is 0 Å². The molecule has 0 unspecified atom stereocenters. The summed E-state index contributed by atoms with van der Waals surface area (Å²) in [4.78, 5) is 0.0963. The molecule has 0 amide bonds. The van der Waals surface area contributed by atoms with Crippen LogP contribution in [0.5, 0.6) is 5.75 Å². The first-order valence-corrected chi connectivity index (χ1v) is 7.53. The van der Waals surface area contributed by atoms with Crippen LogP contribution in [0.1, 0.15) is 27.2 Å². The largest absolute Gasteiger partial charge is 0.495 e. The van der Waals surface area contributed by atoms with Gasteiger partial charge in [-0.2, -0.15) is 4.31 Å². The molecule has 0 heterocycles. The first-order chi connectivity index (χ1) is 8.66. The summed E-state index contributed by atoms with van der Waals surface area (Å²) < 4.78 is 31.8. The first kappa shape index (κ1) is 15.8. The van der Waals surface area contributed by atoms with E-state index in [-0.39, 0.29) is 4.90 Å². The minimum atomic E-state index is -3.65. The van der Waals surface area contributed by atoms with Gasteiger partial charge in [0, 0.05) is 18.3 Å². The molecule has 2 N–H and O–H groups in total. The molecule has 0 aliphatic carbocycles. The van der Waals surface area contributed by atoms with Gasteiger partial charge in [0.1, 0.15) is 10.6 Å². The van der Waals surface area contributed by atoms with E-state index in [0.717, 1.165) is 0 Å². The number of nitrogen functional groups attached to an aromatic ring is 1. The lowest BCUT2D eigenvalue weighted by molar-refractivity contribution is 0.256. The van der Waals surface area contributed by atoms with E-state index in [9.17, 15) is 8.42 Å². The third kappa shape index (κ3) is 3.01. The van der Waals surface area contributed by atoms with Crippen molar-refractivity contribution in [1.82, 2.24) is 4.31 Å². The van der Waals surface area contributed by atoms with Crippen LogP contribution in [0, 0.1) is 0 Å². The lowest BCUT2D eigenvalue weighted by Crippen LogP contribution is -2.44. The topological polar surface area (TPSA) is 72.6 Å². The summed E-state index contributed by atoms with van der Waals surface area (Å²) >= 11 is 0. The molecule has 19 heavy (non-hydrogen) atoms. The molecule has 0 saturated carbocycles. The number of rotatable bonds is 5. The van der Waals surface area contributed by atoms with E-state index in [1.54, 1.807) is 19.2 Å². The van der Waals surface area contributed by atoms with Crippen LogP contribution < -0.4 is 10.5 Å². The molecule has 0 saturated heterocycles. The third-order valence-electron chi connectivity index (χ3n) is 3.54. The third-order valence-corrected chi connectivity index (χ3v) is 5.63. The van der Waals surface area contributed by atoms with E-state index in [2.05, 4.69) is 0 Å². The number of nitrogens with two attached hydrogens (primary N) is 1. The van der Waals surface area contributed by atoms with Gasteiger partial charge in [-0.05, 0) is 38.5 Å².